The van der Waals surface area contributed by atoms with E-state index in [1.807, 2.05) is 4.90 Å². The van der Waals surface area contributed by atoms with Crippen molar-refractivity contribution in [3.05, 3.63) is 0 Å². The lowest BCUT2D eigenvalue weighted by atomic mass is 10.1. The van der Waals surface area contributed by atoms with Gasteiger partial charge in [0, 0.05) is 45.7 Å². The molecule has 0 aromatic rings. The molecule has 6 nitrogen and oxygen atoms in total. The predicted molar refractivity (Wildman–Crippen MR) is 81.9 cm³/mol. The van der Waals surface area contributed by atoms with Crippen molar-refractivity contribution < 1.29 is 14.7 Å². The first-order valence-corrected chi connectivity index (χ1v) is 7.91. The van der Waals surface area contributed by atoms with Crippen LogP contribution < -0.4 is 0 Å². The van der Waals surface area contributed by atoms with E-state index in [1.165, 1.54) is 0 Å². The zero-order chi connectivity index (χ0) is 15.8. The van der Waals surface area contributed by atoms with Crippen molar-refractivity contribution in [3.63, 3.8) is 0 Å². The van der Waals surface area contributed by atoms with E-state index in [-0.39, 0.29) is 18.4 Å². The highest BCUT2D eigenvalue weighted by atomic mass is 16.3. The zero-order valence-electron chi connectivity index (χ0n) is 13.5. The van der Waals surface area contributed by atoms with Crippen LogP contribution in [0.5, 0.6) is 0 Å². The molecule has 0 unspecified atom stereocenters. The number of aliphatic hydroxyl groups excluding tert-OH is 1. The number of hydrogen-bond acceptors (Lipinski definition) is 4. The quantitative estimate of drug-likeness (QED) is 0.727. The maximum Gasteiger partial charge on any atom is 0.236 e. The molecule has 122 valence electrons. The van der Waals surface area contributed by atoms with E-state index in [0.29, 0.717) is 45.3 Å². The molecular weight excluding hydrogens is 270 g/mol. The number of piperazine rings is 1. The highest BCUT2D eigenvalue weighted by Gasteiger charge is 2.25. The molecule has 1 saturated heterocycles. The van der Waals surface area contributed by atoms with Crippen LogP contribution in [0.1, 0.15) is 33.6 Å². The van der Waals surface area contributed by atoms with E-state index in [0.717, 1.165) is 12.8 Å². The third-order valence-electron chi connectivity index (χ3n) is 4.26. The fraction of sp³-hybridized carbons (Fsp3) is 0.867. The van der Waals surface area contributed by atoms with Crippen molar-refractivity contribution in [2.75, 3.05) is 45.9 Å². The molecule has 0 spiro atoms. The van der Waals surface area contributed by atoms with Gasteiger partial charge in [0.25, 0.3) is 0 Å². The Labute approximate surface area is 127 Å². The van der Waals surface area contributed by atoms with Gasteiger partial charge in [0.2, 0.25) is 11.8 Å². The summed E-state index contributed by atoms with van der Waals surface area (Å²) in [6.45, 7) is 9.18. The third-order valence-corrected chi connectivity index (χ3v) is 4.26. The lowest BCUT2D eigenvalue weighted by Gasteiger charge is -2.36. The molecule has 1 aliphatic rings. The molecule has 0 atom stereocenters. The molecule has 0 aliphatic carbocycles. The summed E-state index contributed by atoms with van der Waals surface area (Å²) >= 11 is 0. The Morgan fingerprint density at radius 2 is 1.62 bits per heavy atom. The van der Waals surface area contributed by atoms with Gasteiger partial charge in [-0.15, -0.1) is 0 Å². The fourth-order valence-electron chi connectivity index (χ4n) is 2.87. The molecule has 1 fully saturated rings. The van der Waals surface area contributed by atoms with Crippen molar-refractivity contribution in [1.29, 1.82) is 0 Å². The standard InChI is InChI=1S/C15H29N3O3/c1-4-14(5-2)18(10-11-19)12-15(21)17-8-6-16(7-9-17)13(3)20/h14,19H,4-12H2,1-3H3. The van der Waals surface area contributed by atoms with Crippen LogP contribution in [0.3, 0.4) is 0 Å². The molecule has 0 aromatic carbocycles. The molecule has 21 heavy (non-hydrogen) atoms. The first kappa shape index (κ1) is 17.9. The molecular formula is C15H29N3O3. The topological polar surface area (TPSA) is 64.1 Å². The Morgan fingerprint density at radius 3 is 2.05 bits per heavy atom. The van der Waals surface area contributed by atoms with E-state index in [1.54, 1.807) is 11.8 Å². The molecule has 0 bridgehead atoms. The number of hydrogen-bond donors (Lipinski definition) is 1. The average molecular weight is 299 g/mol. The van der Waals surface area contributed by atoms with Crippen molar-refractivity contribution in [2.24, 2.45) is 0 Å². The van der Waals surface area contributed by atoms with E-state index in [2.05, 4.69) is 18.7 Å². The molecule has 1 N–H and O–H groups in total. The second-order valence-electron chi connectivity index (χ2n) is 5.55. The number of carbonyl (C=O) groups excluding carboxylic acids is 2. The van der Waals surface area contributed by atoms with E-state index in [9.17, 15) is 14.7 Å². The Balaban J connectivity index is 2.52. The van der Waals surface area contributed by atoms with Crippen LogP contribution in [0, 0.1) is 0 Å². The minimum absolute atomic E-state index is 0.0704. The smallest absolute Gasteiger partial charge is 0.236 e. The van der Waals surface area contributed by atoms with Crippen LogP contribution in [0.2, 0.25) is 0 Å². The summed E-state index contributed by atoms with van der Waals surface area (Å²) < 4.78 is 0. The first-order chi connectivity index (χ1) is 10.0. The minimum Gasteiger partial charge on any atom is -0.395 e. The second-order valence-corrected chi connectivity index (χ2v) is 5.55. The van der Waals surface area contributed by atoms with Gasteiger partial charge in [0.1, 0.15) is 0 Å². The minimum atomic E-state index is 0.0704. The van der Waals surface area contributed by atoms with Crippen molar-refractivity contribution in [2.45, 2.75) is 39.7 Å². The molecule has 1 rings (SSSR count). The van der Waals surface area contributed by atoms with Gasteiger partial charge in [0.15, 0.2) is 0 Å². The van der Waals surface area contributed by atoms with Crippen LogP contribution in [-0.2, 0) is 9.59 Å². The lowest BCUT2D eigenvalue weighted by molar-refractivity contribution is -0.139. The molecule has 0 radical (unpaired) electrons. The number of carbonyl (C=O) groups is 2. The van der Waals surface area contributed by atoms with Crippen LogP contribution in [-0.4, -0.2) is 83.5 Å². The SMILES string of the molecule is CCC(CC)N(CCO)CC(=O)N1CCN(C(C)=O)CC1. The Hall–Kier alpha value is -1.14. The van der Waals surface area contributed by atoms with Gasteiger partial charge < -0.3 is 14.9 Å². The third kappa shape index (κ3) is 5.28. The second kappa shape index (κ2) is 9.00. The largest absolute Gasteiger partial charge is 0.395 e. The highest BCUT2D eigenvalue weighted by molar-refractivity contribution is 5.79. The van der Waals surface area contributed by atoms with E-state index >= 15 is 0 Å². The Morgan fingerprint density at radius 1 is 1.10 bits per heavy atom. The maximum absolute atomic E-state index is 12.4. The van der Waals surface area contributed by atoms with Gasteiger partial charge >= 0.3 is 0 Å². The first-order valence-electron chi connectivity index (χ1n) is 7.91. The summed E-state index contributed by atoms with van der Waals surface area (Å²) in [6.07, 6.45) is 1.95. The van der Waals surface area contributed by atoms with E-state index < -0.39 is 0 Å². The van der Waals surface area contributed by atoms with Gasteiger partial charge in [-0.1, -0.05) is 13.8 Å². The van der Waals surface area contributed by atoms with Crippen LogP contribution >= 0.6 is 0 Å². The fourth-order valence-corrected chi connectivity index (χ4v) is 2.87. The van der Waals surface area contributed by atoms with Crippen LogP contribution in [0.4, 0.5) is 0 Å². The molecule has 0 saturated carbocycles. The van der Waals surface area contributed by atoms with Crippen LogP contribution in [0.25, 0.3) is 0 Å². The monoisotopic (exact) mass is 299 g/mol. The van der Waals surface area contributed by atoms with Crippen molar-refractivity contribution >= 4 is 11.8 Å². The lowest BCUT2D eigenvalue weighted by Crippen LogP contribution is -2.53. The summed E-state index contributed by atoms with van der Waals surface area (Å²) in [5, 5.41) is 9.18. The summed E-state index contributed by atoms with van der Waals surface area (Å²) in [4.78, 5) is 29.4. The van der Waals surface area contributed by atoms with Gasteiger partial charge in [-0.25, -0.2) is 0 Å². The molecule has 0 aromatic heterocycles. The number of aliphatic hydroxyl groups is 1. The van der Waals surface area contributed by atoms with Crippen molar-refractivity contribution in [1.82, 2.24) is 14.7 Å². The summed E-state index contributed by atoms with van der Waals surface area (Å²) in [7, 11) is 0. The van der Waals surface area contributed by atoms with Gasteiger partial charge in [-0.05, 0) is 12.8 Å². The molecule has 6 heteroatoms. The summed E-state index contributed by atoms with van der Waals surface area (Å²) in [5.74, 6) is 0.166. The highest BCUT2D eigenvalue weighted by Crippen LogP contribution is 2.10. The summed E-state index contributed by atoms with van der Waals surface area (Å²) in [5.41, 5.74) is 0. The van der Waals surface area contributed by atoms with Gasteiger partial charge in [0.05, 0.1) is 13.2 Å². The van der Waals surface area contributed by atoms with Gasteiger partial charge in [-0.2, -0.15) is 0 Å². The van der Waals surface area contributed by atoms with Gasteiger partial charge in [-0.3, -0.25) is 14.5 Å². The molecule has 1 aliphatic heterocycles. The number of amides is 2. The number of nitrogens with zero attached hydrogens (tertiary/aromatic N) is 3. The maximum atomic E-state index is 12.4. The normalized spacial score (nSPS) is 15.9. The molecule has 2 amide bonds. The Kier molecular flexibility index (Phi) is 7.67. The summed E-state index contributed by atoms with van der Waals surface area (Å²) in [6, 6.07) is 0.333. The van der Waals surface area contributed by atoms with Crippen LogP contribution in [0.15, 0.2) is 0 Å². The van der Waals surface area contributed by atoms with E-state index in [4.69, 9.17) is 0 Å². The predicted octanol–water partition coefficient (Wildman–Crippen LogP) is 0.160. The zero-order valence-corrected chi connectivity index (χ0v) is 13.5. The Bertz CT molecular complexity index is 337. The van der Waals surface area contributed by atoms with Crippen molar-refractivity contribution in [3.8, 4) is 0 Å². The molecule has 1 heterocycles. The number of rotatable bonds is 7. The average Bonchev–Trinajstić information content (AvgIpc) is 2.48.